The van der Waals surface area contributed by atoms with E-state index in [1.165, 1.54) is 0 Å². The molecule has 2 atom stereocenters. The number of aliphatic hydroxyl groups excluding tert-OH is 1. The lowest BCUT2D eigenvalue weighted by atomic mass is 10.1. The maximum Gasteiger partial charge on any atom is 0.336 e. The van der Waals surface area contributed by atoms with Gasteiger partial charge in [-0.2, -0.15) is 0 Å². The van der Waals surface area contributed by atoms with Crippen LogP contribution < -0.4 is 5.32 Å². The second-order valence-corrected chi connectivity index (χ2v) is 6.54. The van der Waals surface area contributed by atoms with Crippen LogP contribution in [0.15, 0.2) is 0 Å². The number of sulfone groups is 1. The summed E-state index contributed by atoms with van der Waals surface area (Å²) >= 11 is 0. The summed E-state index contributed by atoms with van der Waals surface area (Å²) < 4.78 is 26.7. The van der Waals surface area contributed by atoms with Crippen molar-refractivity contribution < 1.29 is 27.9 Å². The monoisotopic (exact) mass is 279 g/mol. The van der Waals surface area contributed by atoms with Gasteiger partial charge in [-0.3, -0.25) is 4.79 Å². The summed E-state index contributed by atoms with van der Waals surface area (Å²) in [6.07, 6.45) is -0.825. The molecule has 1 saturated heterocycles. The minimum absolute atomic E-state index is 0.0278. The van der Waals surface area contributed by atoms with Crippen LogP contribution in [0.2, 0.25) is 0 Å². The second kappa shape index (κ2) is 6.14. The predicted octanol–water partition coefficient (Wildman–Crippen LogP) is -1.54. The van der Waals surface area contributed by atoms with Gasteiger partial charge in [0.05, 0.1) is 25.2 Å². The van der Waals surface area contributed by atoms with Crippen LogP contribution >= 0.6 is 0 Å². The standard InChI is InChI=1S/C10H17NO6S/c1-17-10(14)8(12)5-11-9(13)4-7-2-3-18(15,16)6-7/h7-8,12H,2-6H2,1H3,(H,11,13). The number of nitrogens with one attached hydrogen (secondary N) is 1. The Hall–Kier alpha value is -1.15. The van der Waals surface area contributed by atoms with E-state index in [0.29, 0.717) is 6.42 Å². The molecular weight excluding hydrogens is 262 g/mol. The molecule has 0 saturated carbocycles. The van der Waals surface area contributed by atoms with E-state index < -0.39 is 21.9 Å². The molecule has 1 heterocycles. The highest BCUT2D eigenvalue weighted by atomic mass is 32.2. The maximum absolute atomic E-state index is 11.5. The molecule has 7 nitrogen and oxygen atoms in total. The van der Waals surface area contributed by atoms with Gasteiger partial charge in [0.15, 0.2) is 15.9 Å². The van der Waals surface area contributed by atoms with Gasteiger partial charge in [-0.15, -0.1) is 0 Å². The van der Waals surface area contributed by atoms with Crippen molar-refractivity contribution in [3.05, 3.63) is 0 Å². The van der Waals surface area contributed by atoms with Crippen LogP contribution in [0.5, 0.6) is 0 Å². The van der Waals surface area contributed by atoms with E-state index in [4.69, 9.17) is 0 Å². The van der Waals surface area contributed by atoms with Gasteiger partial charge in [0.25, 0.3) is 0 Å². The number of carbonyl (C=O) groups excluding carboxylic acids is 2. The molecule has 2 N–H and O–H groups in total. The average Bonchev–Trinajstić information content (AvgIpc) is 2.64. The van der Waals surface area contributed by atoms with Crippen LogP contribution in [0.3, 0.4) is 0 Å². The number of rotatable bonds is 5. The summed E-state index contributed by atoms with van der Waals surface area (Å²) in [5, 5.41) is 11.6. The molecule has 0 aliphatic carbocycles. The third kappa shape index (κ3) is 4.61. The van der Waals surface area contributed by atoms with Crippen molar-refractivity contribution in [1.29, 1.82) is 0 Å². The quantitative estimate of drug-likeness (QED) is 0.590. The number of methoxy groups -OCH3 is 1. The molecular formula is C10H17NO6S. The summed E-state index contributed by atoms with van der Waals surface area (Å²) in [6.45, 7) is -0.231. The van der Waals surface area contributed by atoms with E-state index in [1.807, 2.05) is 0 Å². The Labute approximate surface area is 105 Å². The average molecular weight is 279 g/mol. The molecule has 0 radical (unpaired) electrons. The van der Waals surface area contributed by atoms with E-state index in [9.17, 15) is 23.1 Å². The Morgan fingerprint density at radius 2 is 2.17 bits per heavy atom. The van der Waals surface area contributed by atoms with Crippen LogP contribution in [-0.2, 0) is 24.2 Å². The fourth-order valence-electron chi connectivity index (χ4n) is 1.80. The van der Waals surface area contributed by atoms with E-state index in [0.717, 1.165) is 7.11 Å². The predicted molar refractivity (Wildman–Crippen MR) is 62.4 cm³/mol. The lowest BCUT2D eigenvalue weighted by Gasteiger charge is -2.11. The lowest BCUT2D eigenvalue weighted by molar-refractivity contribution is -0.150. The van der Waals surface area contributed by atoms with Gasteiger partial charge in [0.2, 0.25) is 5.91 Å². The minimum atomic E-state index is -2.99. The number of esters is 1. The lowest BCUT2D eigenvalue weighted by Crippen LogP contribution is -2.37. The highest BCUT2D eigenvalue weighted by Crippen LogP contribution is 2.21. The summed E-state index contributed by atoms with van der Waals surface area (Å²) in [5.74, 6) is -1.22. The van der Waals surface area contributed by atoms with Gasteiger partial charge in [0, 0.05) is 6.42 Å². The maximum atomic E-state index is 11.5. The fraction of sp³-hybridized carbons (Fsp3) is 0.800. The normalized spacial score (nSPS) is 23.3. The van der Waals surface area contributed by atoms with Crippen molar-refractivity contribution >= 4 is 21.7 Å². The molecule has 18 heavy (non-hydrogen) atoms. The molecule has 0 aromatic carbocycles. The van der Waals surface area contributed by atoms with Gasteiger partial charge >= 0.3 is 5.97 Å². The number of hydrogen-bond acceptors (Lipinski definition) is 6. The number of amides is 1. The van der Waals surface area contributed by atoms with Crippen LogP contribution in [0.1, 0.15) is 12.8 Å². The highest BCUT2D eigenvalue weighted by molar-refractivity contribution is 7.91. The van der Waals surface area contributed by atoms with Gasteiger partial charge in [-0.05, 0) is 12.3 Å². The van der Waals surface area contributed by atoms with Crippen LogP contribution in [0, 0.1) is 5.92 Å². The van der Waals surface area contributed by atoms with Gasteiger partial charge < -0.3 is 15.2 Å². The van der Waals surface area contributed by atoms with E-state index in [1.54, 1.807) is 0 Å². The Morgan fingerprint density at radius 3 is 2.67 bits per heavy atom. The molecule has 0 spiro atoms. The van der Waals surface area contributed by atoms with Crippen LogP contribution in [0.25, 0.3) is 0 Å². The van der Waals surface area contributed by atoms with Crippen molar-refractivity contribution in [2.45, 2.75) is 18.9 Å². The second-order valence-electron chi connectivity index (χ2n) is 4.32. The molecule has 0 aromatic rings. The third-order valence-electron chi connectivity index (χ3n) is 2.77. The first-order chi connectivity index (χ1) is 8.34. The number of hydrogen-bond donors (Lipinski definition) is 2. The summed E-state index contributed by atoms with van der Waals surface area (Å²) in [6, 6.07) is 0. The SMILES string of the molecule is COC(=O)C(O)CNC(=O)CC1CCS(=O)(=O)C1. The number of ether oxygens (including phenoxy) is 1. The van der Waals surface area contributed by atoms with Crippen molar-refractivity contribution in [2.24, 2.45) is 5.92 Å². The van der Waals surface area contributed by atoms with Crippen LogP contribution in [-0.4, -0.2) is 56.7 Å². The first-order valence-electron chi connectivity index (χ1n) is 5.57. The minimum Gasteiger partial charge on any atom is -0.467 e. The van der Waals surface area contributed by atoms with Crippen molar-refractivity contribution in [3.8, 4) is 0 Å². The van der Waals surface area contributed by atoms with Crippen molar-refractivity contribution in [3.63, 3.8) is 0 Å². The number of carbonyl (C=O) groups is 2. The van der Waals surface area contributed by atoms with Crippen molar-refractivity contribution in [2.75, 3.05) is 25.2 Å². The molecule has 1 fully saturated rings. The topological polar surface area (TPSA) is 110 Å². The first-order valence-corrected chi connectivity index (χ1v) is 7.39. The van der Waals surface area contributed by atoms with Gasteiger partial charge in [0.1, 0.15) is 0 Å². The largest absolute Gasteiger partial charge is 0.467 e. The fourth-order valence-corrected chi connectivity index (χ4v) is 3.66. The Bertz CT molecular complexity index is 418. The molecule has 1 amide bonds. The molecule has 0 bridgehead atoms. The highest BCUT2D eigenvalue weighted by Gasteiger charge is 2.29. The summed E-state index contributed by atoms with van der Waals surface area (Å²) in [4.78, 5) is 22.3. The zero-order valence-electron chi connectivity index (χ0n) is 10.1. The number of aliphatic hydroxyl groups is 1. The van der Waals surface area contributed by atoms with Crippen molar-refractivity contribution in [1.82, 2.24) is 5.32 Å². The molecule has 104 valence electrons. The molecule has 2 unspecified atom stereocenters. The third-order valence-corrected chi connectivity index (χ3v) is 4.60. The van der Waals surface area contributed by atoms with E-state index in [2.05, 4.69) is 10.1 Å². The molecule has 0 aromatic heterocycles. The van der Waals surface area contributed by atoms with Gasteiger partial charge in [-0.25, -0.2) is 13.2 Å². The molecule has 1 aliphatic heterocycles. The summed E-state index contributed by atoms with van der Waals surface area (Å²) in [7, 11) is -1.86. The first kappa shape index (κ1) is 14.9. The van der Waals surface area contributed by atoms with Gasteiger partial charge in [-0.1, -0.05) is 0 Å². The molecule has 8 heteroatoms. The smallest absolute Gasteiger partial charge is 0.336 e. The van der Waals surface area contributed by atoms with E-state index >= 15 is 0 Å². The molecule has 1 rings (SSSR count). The molecule has 1 aliphatic rings. The Balaban J connectivity index is 2.28. The zero-order chi connectivity index (χ0) is 13.8. The van der Waals surface area contributed by atoms with E-state index in [-0.39, 0.29) is 36.3 Å². The zero-order valence-corrected chi connectivity index (χ0v) is 10.9. The van der Waals surface area contributed by atoms with Crippen LogP contribution in [0.4, 0.5) is 0 Å². The Morgan fingerprint density at radius 1 is 1.50 bits per heavy atom. The Kier molecular flexibility index (Phi) is 5.09. The summed E-state index contributed by atoms with van der Waals surface area (Å²) in [5.41, 5.74) is 0.